The molecule has 0 aliphatic carbocycles. The van der Waals surface area contributed by atoms with Crippen LogP contribution in [-0.2, 0) is 22.4 Å². The van der Waals surface area contributed by atoms with Gasteiger partial charge in [0.25, 0.3) is 0 Å². The van der Waals surface area contributed by atoms with Gasteiger partial charge in [-0.1, -0.05) is 37.3 Å². The van der Waals surface area contributed by atoms with Crippen LogP contribution in [0.2, 0.25) is 0 Å². The molecule has 0 radical (unpaired) electrons. The Morgan fingerprint density at radius 2 is 1.92 bits per heavy atom. The number of nitrogens with zero attached hydrogens (tertiary/aromatic N) is 2. The van der Waals surface area contributed by atoms with E-state index in [1.54, 1.807) is 23.7 Å². The molecule has 3 rings (SSSR count). The van der Waals surface area contributed by atoms with Crippen molar-refractivity contribution in [2.24, 2.45) is 0 Å². The molecule has 0 bridgehead atoms. The number of carbonyl (C=O) groups is 2. The number of ether oxygens (including phenoxy) is 1. The van der Waals surface area contributed by atoms with Gasteiger partial charge in [-0.2, -0.15) is 0 Å². The van der Waals surface area contributed by atoms with E-state index in [-0.39, 0.29) is 18.8 Å². The van der Waals surface area contributed by atoms with Crippen LogP contribution in [0.3, 0.4) is 0 Å². The predicted molar refractivity (Wildman–Crippen MR) is 100 cm³/mol. The van der Waals surface area contributed by atoms with Gasteiger partial charge in [-0.25, -0.2) is 4.98 Å². The Morgan fingerprint density at radius 3 is 2.62 bits per heavy atom. The van der Waals surface area contributed by atoms with Gasteiger partial charge in [-0.05, 0) is 24.1 Å². The van der Waals surface area contributed by atoms with Crippen molar-refractivity contribution in [1.29, 1.82) is 0 Å². The monoisotopic (exact) mass is 366 g/mol. The van der Waals surface area contributed by atoms with Gasteiger partial charge in [0.05, 0.1) is 17.8 Å². The number of aromatic nitrogens is 2. The largest absolute Gasteiger partial charge is 0.457 e. The van der Waals surface area contributed by atoms with Crippen LogP contribution in [-0.4, -0.2) is 28.3 Å². The highest BCUT2D eigenvalue weighted by molar-refractivity contribution is 7.13. The summed E-state index contributed by atoms with van der Waals surface area (Å²) in [6.45, 7) is 1.79. The van der Waals surface area contributed by atoms with Gasteiger partial charge in [0.15, 0.2) is 12.4 Å². The van der Waals surface area contributed by atoms with Crippen LogP contribution in [0.25, 0.3) is 10.7 Å². The van der Waals surface area contributed by atoms with E-state index >= 15 is 0 Å². The van der Waals surface area contributed by atoms with Gasteiger partial charge < -0.3 is 4.74 Å². The van der Waals surface area contributed by atoms with Crippen molar-refractivity contribution in [3.05, 3.63) is 70.9 Å². The van der Waals surface area contributed by atoms with E-state index < -0.39 is 5.97 Å². The Labute approximate surface area is 155 Å². The minimum Gasteiger partial charge on any atom is -0.457 e. The normalized spacial score (nSPS) is 10.5. The highest BCUT2D eigenvalue weighted by atomic mass is 32.1. The summed E-state index contributed by atoms with van der Waals surface area (Å²) in [5.41, 5.74) is 3.08. The molecule has 0 amide bonds. The van der Waals surface area contributed by atoms with Gasteiger partial charge >= 0.3 is 5.97 Å². The zero-order chi connectivity index (χ0) is 18.4. The average Bonchev–Trinajstić information content (AvgIpc) is 3.15. The summed E-state index contributed by atoms with van der Waals surface area (Å²) in [4.78, 5) is 32.7. The van der Waals surface area contributed by atoms with Crippen LogP contribution in [0.15, 0.2) is 54.0 Å². The van der Waals surface area contributed by atoms with E-state index in [4.69, 9.17) is 4.74 Å². The average molecular weight is 366 g/mol. The molecule has 0 unspecified atom stereocenters. The smallest absolute Gasteiger partial charge is 0.312 e. The highest BCUT2D eigenvalue weighted by Gasteiger charge is 2.13. The van der Waals surface area contributed by atoms with Crippen LogP contribution in [0, 0.1) is 0 Å². The fourth-order valence-electron chi connectivity index (χ4n) is 2.35. The fraction of sp³-hybridized carbons (Fsp3) is 0.200. The van der Waals surface area contributed by atoms with Crippen molar-refractivity contribution in [1.82, 2.24) is 9.97 Å². The summed E-state index contributed by atoms with van der Waals surface area (Å²) < 4.78 is 5.09. The number of benzene rings is 1. The number of hydrogen-bond donors (Lipinski definition) is 0. The zero-order valence-electron chi connectivity index (χ0n) is 14.3. The van der Waals surface area contributed by atoms with E-state index in [2.05, 4.69) is 16.9 Å². The molecule has 26 heavy (non-hydrogen) atoms. The Hall–Kier alpha value is -2.86. The van der Waals surface area contributed by atoms with Gasteiger partial charge in [0, 0.05) is 17.1 Å². The lowest BCUT2D eigenvalue weighted by Crippen LogP contribution is -2.15. The Morgan fingerprint density at radius 1 is 1.12 bits per heavy atom. The molecule has 2 heterocycles. The van der Waals surface area contributed by atoms with Crippen LogP contribution in [0.4, 0.5) is 0 Å². The number of thiazole rings is 1. The molecule has 0 N–H and O–H groups in total. The Bertz CT molecular complexity index is 889. The summed E-state index contributed by atoms with van der Waals surface area (Å²) in [6, 6.07) is 12.9. The third-order valence-corrected chi connectivity index (χ3v) is 4.72. The van der Waals surface area contributed by atoms with E-state index in [1.807, 2.05) is 30.3 Å². The molecule has 132 valence electrons. The summed E-state index contributed by atoms with van der Waals surface area (Å²) in [5, 5.41) is 2.55. The number of Topliss-reactive ketones (excluding diaryl/α,β-unsaturated/α-hetero) is 1. The number of ketones is 1. The highest BCUT2D eigenvalue weighted by Crippen LogP contribution is 2.21. The molecule has 0 fully saturated rings. The summed E-state index contributed by atoms with van der Waals surface area (Å²) in [5.74, 6) is -0.685. The maximum atomic E-state index is 12.1. The van der Waals surface area contributed by atoms with Crippen molar-refractivity contribution < 1.29 is 14.3 Å². The lowest BCUT2D eigenvalue weighted by molar-refractivity contribution is -0.141. The lowest BCUT2D eigenvalue weighted by Gasteiger charge is -2.04. The van der Waals surface area contributed by atoms with Crippen molar-refractivity contribution in [3.63, 3.8) is 0 Å². The number of pyridine rings is 1. The van der Waals surface area contributed by atoms with Gasteiger partial charge in [0.1, 0.15) is 5.01 Å². The van der Waals surface area contributed by atoms with E-state index in [0.29, 0.717) is 11.3 Å². The molecule has 0 saturated carbocycles. The second-order valence-electron chi connectivity index (χ2n) is 5.67. The minimum absolute atomic E-state index is 0.0331. The van der Waals surface area contributed by atoms with Gasteiger partial charge in [0.2, 0.25) is 0 Å². The number of esters is 1. The van der Waals surface area contributed by atoms with Crippen molar-refractivity contribution in [2.45, 2.75) is 19.8 Å². The second-order valence-corrected chi connectivity index (χ2v) is 6.53. The first-order chi connectivity index (χ1) is 12.7. The van der Waals surface area contributed by atoms with E-state index in [0.717, 1.165) is 22.7 Å². The molecule has 0 aliphatic rings. The number of hydrogen-bond acceptors (Lipinski definition) is 6. The Balaban J connectivity index is 1.52. The first-order valence-corrected chi connectivity index (χ1v) is 9.17. The summed E-state index contributed by atoms with van der Waals surface area (Å²) in [7, 11) is 0. The molecule has 6 heteroatoms. The molecule has 0 atom stereocenters. The molecule has 0 saturated heterocycles. The SMILES string of the molecule is CCc1ccc(C(=O)COC(=O)Cc2csc(-c3ccccn3)n2)cc1. The first-order valence-electron chi connectivity index (χ1n) is 8.29. The standard InChI is InChI=1S/C20H18N2O3S/c1-2-14-6-8-15(9-7-14)18(23)12-25-19(24)11-16-13-26-20(22-16)17-5-3-4-10-21-17/h3-10,13H,2,11-12H2,1H3. The van der Waals surface area contributed by atoms with E-state index in [9.17, 15) is 9.59 Å². The Kier molecular flexibility index (Phi) is 5.86. The molecule has 2 aromatic heterocycles. The minimum atomic E-state index is -0.471. The summed E-state index contributed by atoms with van der Waals surface area (Å²) in [6.07, 6.45) is 2.65. The number of rotatable bonds is 7. The molecular formula is C20H18N2O3S. The second kappa shape index (κ2) is 8.49. The third-order valence-electron chi connectivity index (χ3n) is 3.81. The van der Waals surface area contributed by atoms with Crippen LogP contribution in [0.1, 0.15) is 28.5 Å². The van der Waals surface area contributed by atoms with Crippen molar-refractivity contribution in [3.8, 4) is 10.7 Å². The fourth-order valence-corrected chi connectivity index (χ4v) is 3.14. The number of aryl methyl sites for hydroxylation is 1. The summed E-state index contributed by atoms with van der Waals surface area (Å²) >= 11 is 1.42. The van der Waals surface area contributed by atoms with Crippen molar-refractivity contribution >= 4 is 23.1 Å². The predicted octanol–water partition coefficient (Wildman–Crippen LogP) is 3.74. The molecular weight excluding hydrogens is 348 g/mol. The molecule has 3 aromatic rings. The molecule has 5 nitrogen and oxygen atoms in total. The van der Waals surface area contributed by atoms with Gasteiger partial charge in [-0.3, -0.25) is 14.6 Å². The third kappa shape index (κ3) is 4.61. The zero-order valence-corrected chi connectivity index (χ0v) is 15.2. The maximum absolute atomic E-state index is 12.1. The quantitative estimate of drug-likeness (QED) is 0.471. The van der Waals surface area contributed by atoms with Crippen LogP contribution >= 0.6 is 11.3 Å². The first kappa shape index (κ1) is 17.9. The van der Waals surface area contributed by atoms with Crippen molar-refractivity contribution in [2.75, 3.05) is 6.61 Å². The van der Waals surface area contributed by atoms with Crippen LogP contribution in [0.5, 0.6) is 0 Å². The molecule has 0 spiro atoms. The number of carbonyl (C=O) groups excluding carboxylic acids is 2. The van der Waals surface area contributed by atoms with Gasteiger partial charge in [-0.15, -0.1) is 11.3 Å². The molecule has 1 aromatic carbocycles. The lowest BCUT2D eigenvalue weighted by atomic mass is 10.1. The topological polar surface area (TPSA) is 69.2 Å². The van der Waals surface area contributed by atoms with Crippen LogP contribution < -0.4 is 0 Å². The van der Waals surface area contributed by atoms with E-state index in [1.165, 1.54) is 11.3 Å². The maximum Gasteiger partial charge on any atom is 0.312 e. The molecule has 0 aliphatic heterocycles.